The van der Waals surface area contributed by atoms with Crippen LogP contribution in [-0.4, -0.2) is 32.5 Å². The van der Waals surface area contributed by atoms with Gasteiger partial charge in [0.2, 0.25) is 0 Å². The average Bonchev–Trinajstić information content (AvgIpc) is 3.46. The number of amides is 1. The predicted molar refractivity (Wildman–Crippen MR) is 117 cm³/mol. The van der Waals surface area contributed by atoms with Crippen molar-refractivity contribution in [2.24, 2.45) is 7.05 Å². The van der Waals surface area contributed by atoms with Crippen LogP contribution in [0.4, 0.5) is 14.9 Å². The molecule has 32 heavy (non-hydrogen) atoms. The van der Waals surface area contributed by atoms with Crippen molar-refractivity contribution in [3.63, 3.8) is 0 Å². The van der Waals surface area contributed by atoms with Crippen LogP contribution < -0.4 is 10.1 Å². The second kappa shape index (κ2) is 7.99. The third-order valence-electron chi connectivity index (χ3n) is 5.62. The molecule has 8 nitrogen and oxygen atoms in total. The van der Waals surface area contributed by atoms with E-state index in [1.807, 2.05) is 18.2 Å². The monoisotopic (exact) mass is 435 g/mol. The van der Waals surface area contributed by atoms with E-state index < -0.39 is 6.09 Å². The zero-order chi connectivity index (χ0) is 22.2. The molecule has 9 heteroatoms. The number of rotatable bonds is 5. The van der Waals surface area contributed by atoms with Crippen molar-refractivity contribution in [2.75, 3.05) is 12.4 Å². The number of hydrogen-bond acceptors (Lipinski definition) is 5. The fourth-order valence-corrected chi connectivity index (χ4v) is 4.04. The molecular formula is C23H22FN5O3. The van der Waals surface area contributed by atoms with Crippen molar-refractivity contribution < 1.29 is 18.7 Å². The molecule has 0 fully saturated rings. The molecule has 0 bridgehead atoms. The Bertz CT molecular complexity index is 1330. The van der Waals surface area contributed by atoms with E-state index in [9.17, 15) is 9.18 Å². The molecule has 0 radical (unpaired) electrons. The largest absolute Gasteiger partial charge is 0.496 e. The summed E-state index contributed by atoms with van der Waals surface area (Å²) in [7, 11) is 3.23. The summed E-state index contributed by atoms with van der Waals surface area (Å²) in [4.78, 5) is 17.0. The SMILES string of the molecule is COc1cc(F)ccc1-c1cc(COC(=O)Nc2ccc3c(c2)nc2n3CCC2)n(C)n1. The lowest BCUT2D eigenvalue weighted by Gasteiger charge is -2.07. The highest BCUT2D eigenvalue weighted by Gasteiger charge is 2.17. The Morgan fingerprint density at radius 1 is 1.22 bits per heavy atom. The number of carbonyl (C=O) groups is 1. The Labute approximate surface area is 183 Å². The summed E-state index contributed by atoms with van der Waals surface area (Å²) in [6, 6.07) is 11.7. The smallest absolute Gasteiger partial charge is 0.412 e. The number of halogens is 1. The second-order valence-electron chi connectivity index (χ2n) is 7.68. The molecule has 1 aliphatic heterocycles. The van der Waals surface area contributed by atoms with E-state index in [1.54, 1.807) is 23.9 Å². The number of carbonyl (C=O) groups excluding carboxylic acids is 1. The molecule has 4 aromatic rings. The lowest BCUT2D eigenvalue weighted by Crippen LogP contribution is -2.14. The van der Waals surface area contributed by atoms with E-state index in [-0.39, 0.29) is 12.4 Å². The first kappa shape index (κ1) is 20.0. The molecule has 1 aliphatic rings. The molecule has 2 aromatic heterocycles. The summed E-state index contributed by atoms with van der Waals surface area (Å²) in [5.74, 6) is 1.08. The first-order valence-electron chi connectivity index (χ1n) is 10.3. The topological polar surface area (TPSA) is 83.2 Å². The number of aromatic nitrogens is 4. The summed E-state index contributed by atoms with van der Waals surface area (Å²) < 4.78 is 27.9. The fraction of sp³-hybridized carbons (Fsp3) is 0.261. The van der Waals surface area contributed by atoms with Crippen molar-refractivity contribution in [3.8, 4) is 17.0 Å². The molecule has 1 N–H and O–H groups in total. The molecule has 0 aliphatic carbocycles. The maximum Gasteiger partial charge on any atom is 0.412 e. The minimum atomic E-state index is -0.571. The van der Waals surface area contributed by atoms with Gasteiger partial charge in [-0.2, -0.15) is 5.10 Å². The van der Waals surface area contributed by atoms with Crippen LogP contribution in [-0.2, 0) is 31.4 Å². The highest BCUT2D eigenvalue weighted by molar-refractivity contribution is 5.89. The number of aryl methyl sites for hydroxylation is 3. The van der Waals surface area contributed by atoms with Gasteiger partial charge in [-0.3, -0.25) is 10.00 Å². The van der Waals surface area contributed by atoms with Gasteiger partial charge in [0.1, 0.15) is 24.0 Å². The van der Waals surface area contributed by atoms with Crippen molar-refractivity contribution in [3.05, 3.63) is 59.8 Å². The number of benzene rings is 2. The highest BCUT2D eigenvalue weighted by atomic mass is 19.1. The van der Waals surface area contributed by atoms with Gasteiger partial charge in [-0.25, -0.2) is 14.2 Å². The van der Waals surface area contributed by atoms with Gasteiger partial charge in [0.15, 0.2) is 0 Å². The lowest BCUT2D eigenvalue weighted by molar-refractivity contribution is 0.152. The van der Waals surface area contributed by atoms with Crippen LogP contribution in [0.3, 0.4) is 0 Å². The fourth-order valence-electron chi connectivity index (χ4n) is 4.04. The molecule has 0 saturated carbocycles. The van der Waals surface area contributed by atoms with Crippen LogP contribution >= 0.6 is 0 Å². The van der Waals surface area contributed by atoms with Crippen LogP contribution in [0, 0.1) is 5.82 Å². The van der Waals surface area contributed by atoms with E-state index >= 15 is 0 Å². The minimum absolute atomic E-state index is 0.0276. The van der Waals surface area contributed by atoms with E-state index in [2.05, 4.69) is 20.0 Å². The predicted octanol–water partition coefficient (Wildman–Crippen LogP) is 4.28. The summed E-state index contributed by atoms with van der Waals surface area (Å²) in [6.45, 7) is 1.01. The molecule has 5 rings (SSSR count). The van der Waals surface area contributed by atoms with Crippen LogP contribution in [0.15, 0.2) is 42.5 Å². The molecule has 0 spiro atoms. The van der Waals surface area contributed by atoms with Crippen LogP contribution in [0.5, 0.6) is 5.75 Å². The van der Waals surface area contributed by atoms with Crippen LogP contribution in [0.25, 0.3) is 22.3 Å². The zero-order valence-corrected chi connectivity index (χ0v) is 17.8. The van der Waals surface area contributed by atoms with E-state index in [0.29, 0.717) is 28.4 Å². The maximum absolute atomic E-state index is 13.5. The maximum atomic E-state index is 13.5. The van der Waals surface area contributed by atoms with Gasteiger partial charge in [0, 0.05) is 37.3 Å². The Balaban J connectivity index is 1.26. The van der Waals surface area contributed by atoms with Gasteiger partial charge in [0.05, 0.1) is 29.5 Å². The number of hydrogen-bond donors (Lipinski definition) is 1. The average molecular weight is 435 g/mol. The molecule has 0 saturated heterocycles. The molecule has 1 amide bonds. The standard InChI is InChI=1S/C23H22FN5O3/c1-28-16(12-18(27-28)17-7-5-14(24)10-21(17)31-2)13-32-23(30)25-15-6-8-20-19(11-15)26-22-4-3-9-29(20)22/h5-8,10-12H,3-4,9,13H2,1-2H3,(H,25,30). The van der Waals surface area contributed by atoms with E-state index in [1.165, 1.54) is 19.2 Å². The van der Waals surface area contributed by atoms with Crippen molar-refractivity contribution in [1.29, 1.82) is 0 Å². The van der Waals surface area contributed by atoms with Gasteiger partial charge >= 0.3 is 6.09 Å². The number of fused-ring (bicyclic) bond motifs is 3. The molecule has 164 valence electrons. The van der Waals surface area contributed by atoms with E-state index in [0.717, 1.165) is 36.2 Å². The van der Waals surface area contributed by atoms with Gasteiger partial charge in [-0.05, 0) is 42.8 Å². The van der Waals surface area contributed by atoms with Gasteiger partial charge in [-0.15, -0.1) is 0 Å². The summed E-state index contributed by atoms with van der Waals surface area (Å²) in [5, 5.41) is 7.18. The molecule has 0 atom stereocenters. The Morgan fingerprint density at radius 3 is 2.94 bits per heavy atom. The third kappa shape index (κ3) is 3.66. The number of methoxy groups -OCH3 is 1. The Morgan fingerprint density at radius 2 is 2.09 bits per heavy atom. The molecular weight excluding hydrogens is 413 g/mol. The summed E-state index contributed by atoms with van der Waals surface area (Å²) in [5.41, 5.74) is 4.50. The minimum Gasteiger partial charge on any atom is -0.496 e. The van der Waals surface area contributed by atoms with Crippen molar-refractivity contribution in [2.45, 2.75) is 26.0 Å². The molecule has 2 aromatic carbocycles. The Hall–Kier alpha value is -3.88. The van der Waals surface area contributed by atoms with Crippen molar-refractivity contribution >= 4 is 22.8 Å². The highest BCUT2D eigenvalue weighted by Crippen LogP contribution is 2.30. The first-order chi connectivity index (χ1) is 15.5. The number of imidazole rings is 1. The van der Waals surface area contributed by atoms with Gasteiger partial charge < -0.3 is 14.0 Å². The number of nitrogens with one attached hydrogen (secondary N) is 1. The first-order valence-corrected chi connectivity index (χ1v) is 10.3. The summed E-state index contributed by atoms with van der Waals surface area (Å²) >= 11 is 0. The summed E-state index contributed by atoms with van der Waals surface area (Å²) in [6.07, 6.45) is 1.53. The van der Waals surface area contributed by atoms with Crippen LogP contribution in [0.1, 0.15) is 17.9 Å². The molecule has 3 heterocycles. The van der Waals surface area contributed by atoms with Crippen molar-refractivity contribution in [1.82, 2.24) is 19.3 Å². The van der Waals surface area contributed by atoms with Gasteiger partial charge in [-0.1, -0.05) is 0 Å². The lowest BCUT2D eigenvalue weighted by atomic mass is 10.1. The normalized spacial score (nSPS) is 12.7. The zero-order valence-electron chi connectivity index (χ0n) is 17.8. The quantitative estimate of drug-likeness (QED) is 0.506. The van der Waals surface area contributed by atoms with E-state index in [4.69, 9.17) is 9.47 Å². The third-order valence-corrected chi connectivity index (χ3v) is 5.62. The van der Waals surface area contributed by atoms with Gasteiger partial charge in [0.25, 0.3) is 0 Å². The second-order valence-corrected chi connectivity index (χ2v) is 7.68. The number of anilines is 1. The van der Waals surface area contributed by atoms with Crippen LogP contribution in [0.2, 0.25) is 0 Å². The number of nitrogens with zero attached hydrogens (tertiary/aromatic N) is 4. The number of ether oxygens (including phenoxy) is 2. The Kier molecular flexibility index (Phi) is 5.01. The molecule has 0 unspecified atom stereocenters.